The van der Waals surface area contributed by atoms with Crippen molar-refractivity contribution in [3.8, 4) is 0 Å². The molecule has 0 aromatic heterocycles. The van der Waals surface area contributed by atoms with Gasteiger partial charge >= 0.3 is 39.5 Å². The van der Waals surface area contributed by atoms with Gasteiger partial charge in [0.1, 0.15) is 19.3 Å². The SMILES string of the molecule is CC/C=C\C/C=C\C/C=C\C/C=C\C/C=C\CCCCCC(=O)OC[C@H](COP(=O)(O)OC[C@@H](O)COP(=O)(O)OC[C@@H](COC(=O)CCCCCCCCCCCCCCC)OC(=O)CCCCCCC/C=C\CCCCCC)OC(=O)CCCCC/C=C\C/C=C\C/C=C\C/C=C\C/C=C\CC. The summed E-state index contributed by atoms with van der Waals surface area (Å²) in [6.45, 7) is 4.57. The number of rotatable bonds is 75. The van der Waals surface area contributed by atoms with Crippen LogP contribution in [-0.2, 0) is 65.4 Å². The van der Waals surface area contributed by atoms with Crippen LogP contribution in [0.15, 0.2) is 134 Å². The van der Waals surface area contributed by atoms with Gasteiger partial charge in [0.2, 0.25) is 0 Å². The zero-order valence-corrected chi connectivity index (χ0v) is 66.9. The molecule has 0 rings (SSSR count). The van der Waals surface area contributed by atoms with Crippen LogP contribution in [0.5, 0.6) is 0 Å². The minimum absolute atomic E-state index is 0.0445. The van der Waals surface area contributed by atoms with E-state index in [1.807, 2.05) is 0 Å². The van der Waals surface area contributed by atoms with Crippen LogP contribution in [0, 0.1) is 0 Å². The van der Waals surface area contributed by atoms with Gasteiger partial charge in [-0.05, 0) is 141 Å². The molecular formula is C85H144O17P2. The third kappa shape index (κ3) is 75.4. The molecule has 0 saturated carbocycles. The molecule has 0 heterocycles. The summed E-state index contributed by atoms with van der Waals surface area (Å²) in [6.07, 6.45) is 85.7. The van der Waals surface area contributed by atoms with E-state index >= 15 is 0 Å². The number of allylic oxidation sites excluding steroid dienone is 22. The summed E-state index contributed by atoms with van der Waals surface area (Å²) in [5.74, 6) is -2.25. The minimum Gasteiger partial charge on any atom is -0.462 e. The number of hydrogen-bond donors (Lipinski definition) is 3. The largest absolute Gasteiger partial charge is 0.472 e. The van der Waals surface area contributed by atoms with Crippen LogP contribution in [0.1, 0.15) is 323 Å². The number of hydrogen-bond acceptors (Lipinski definition) is 15. The Morgan fingerprint density at radius 2 is 0.500 bits per heavy atom. The molecule has 3 N–H and O–H groups in total. The smallest absolute Gasteiger partial charge is 0.462 e. The van der Waals surface area contributed by atoms with E-state index in [4.69, 9.17) is 37.0 Å². The highest BCUT2D eigenvalue weighted by molar-refractivity contribution is 7.47. The molecule has 0 amide bonds. The lowest BCUT2D eigenvalue weighted by Gasteiger charge is -2.21. The Morgan fingerprint density at radius 1 is 0.279 bits per heavy atom. The van der Waals surface area contributed by atoms with Crippen molar-refractivity contribution in [2.24, 2.45) is 0 Å². The van der Waals surface area contributed by atoms with Crippen molar-refractivity contribution in [1.82, 2.24) is 0 Å². The second-order valence-corrected chi connectivity index (χ2v) is 29.5. The molecule has 0 aromatic carbocycles. The second-order valence-electron chi connectivity index (χ2n) is 26.6. The number of phosphoric ester groups is 2. The van der Waals surface area contributed by atoms with Crippen molar-refractivity contribution < 1.29 is 80.2 Å². The van der Waals surface area contributed by atoms with Crippen molar-refractivity contribution in [3.63, 3.8) is 0 Å². The van der Waals surface area contributed by atoms with E-state index in [0.29, 0.717) is 25.7 Å². The Labute approximate surface area is 631 Å². The Morgan fingerprint density at radius 3 is 0.798 bits per heavy atom. The number of unbranched alkanes of at least 4 members (excludes halogenated alkanes) is 27. The van der Waals surface area contributed by atoms with E-state index < -0.39 is 97.5 Å². The number of carbonyl (C=O) groups excluding carboxylic acids is 4. The summed E-state index contributed by atoms with van der Waals surface area (Å²) < 4.78 is 68.6. The molecule has 0 saturated heterocycles. The highest BCUT2D eigenvalue weighted by atomic mass is 31.2. The predicted molar refractivity (Wildman–Crippen MR) is 427 cm³/mol. The fourth-order valence-corrected chi connectivity index (χ4v) is 12.1. The van der Waals surface area contributed by atoms with E-state index in [1.165, 1.54) is 83.5 Å². The monoisotopic (exact) mass is 1500 g/mol. The molecule has 596 valence electrons. The first-order chi connectivity index (χ1) is 50.7. The summed E-state index contributed by atoms with van der Waals surface area (Å²) in [7, 11) is -9.98. The molecule has 0 radical (unpaired) electrons. The minimum atomic E-state index is -5.00. The average molecular weight is 1500 g/mol. The number of carbonyl (C=O) groups is 4. The first kappa shape index (κ1) is 99.2. The fourth-order valence-electron chi connectivity index (χ4n) is 10.5. The molecule has 0 aliphatic rings. The highest BCUT2D eigenvalue weighted by Crippen LogP contribution is 2.45. The molecule has 5 atom stereocenters. The van der Waals surface area contributed by atoms with Gasteiger partial charge in [-0.2, -0.15) is 0 Å². The van der Waals surface area contributed by atoms with Crippen molar-refractivity contribution >= 4 is 39.5 Å². The van der Waals surface area contributed by atoms with E-state index in [-0.39, 0.29) is 25.7 Å². The maximum Gasteiger partial charge on any atom is 0.472 e. The molecule has 17 nitrogen and oxygen atoms in total. The van der Waals surface area contributed by atoms with Gasteiger partial charge < -0.3 is 33.8 Å². The average Bonchev–Trinajstić information content (AvgIpc) is 0.906. The first-order valence-electron chi connectivity index (χ1n) is 40.4. The van der Waals surface area contributed by atoms with Crippen LogP contribution < -0.4 is 0 Å². The van der Waals surface area contributed by atoms with Gasteiger partial charge in [-0.25, -0.2) is 9.13 Å². The summed E-state index contributed by atoms with van der Waals surface area (Å²) in [5.41, 5.74) is 0. The first-order valence-corrected chi connectivity index (χ1v) is 43.4. The fraction of sp³-hybridized carbons (Fsp3) is 0.694. The van der Waals surface area contributed by atoms with Gasteiger partial charge in [-0.1, -0.05) is 290 Å². The lowest BCUT2D eigenvalue weighted by Crippen LogP contribution is -2.30. The number of aliphatic hydroxyl groups is 1. The topological polar surface area (TPSA) is 237 Å². The van der Waals surface area contributed by atoms with E-state index in [2.05, 4.69) is 161 Å². The van der Waals surface area contributed by atoms with Crippen LogP contribution in [0.4, 0.5) is 0 Å². The summed E-state index contributed by atoms with van der Waals surface area (Å²) in [4.78, 5) is 73.0. The predicted octanol–water partition coefficient (Wildman–Crippen LogP) is 23.7. The summed E-state index contributed by atoms with van der Waals surface area (Å²) >= 11 is 0. The standard InChI is InChI=1S/C85H144O17P2/c1-5-9-13-17-21-25-29-33-35-37-39-41-43-47-50-54-58-62-66-70-83(88)96-76-81(102-85(90)72-68-64-60-56-52-48-44-42-40-38-36-34-30-26-22-18-14-10-6-2)78-100-104(93,94)98-74-79(86)73-97-103(91,92)99-77-80(101-84(89)71-67-63-59-55-51-46-32-28-24-20-16-12-8-4)75-95-82(87)69-65-61-57-53-49-45-31-27-23-19-15-11-7-3/h9-10,13-14,21-22,25-26,28,32-36,39-42,47-48,50,52,79-81,86H,5-8,11-12,15-20,23-24,27,29-31,37-38,43-46,49,51,53-78H2,1-4H3,(H,91,92)(H,93,94)/b13-9-,14-10-,25-21-,26-22-,32-28-,35-33-,36-34-,41-39-,42-40-,50-47-,52-48-/t79-,80+,81+/m0/s1. The third-order valence-electron chi connectivity index (χ3n) is 16.6. The molecular weight excluding hydrogens is 1350 g/mol. The van der Waals surface area contributed by atoms with Crippen molar-refractivity contribution in [2.45, 2.75) is 341 Å². The van der Waals surface area contributed by atoms with E-state index in [1.54, 1.807) is 0 Å². The lowest BCUT2D eigenvalue weighted by atomic mass is 10.0. The number of phosphoric acid groups is 2. The Kier molecular flexibility index (Phi) is 72.9. The third-order valence-corrected chi connectivity index (χ3v) is 18.5. The number of esters is 4. The Balaban J connectivity index is 5.43. The lowest BCUT2D eigenvalue weighted by molar-refractivity contribution is -0.161. The number of aliphatic hydroxyl groups excluding tert-OH is 1. The molecule has 0 aliphatic heterocycles. The summed E-state index contributed by atoms with van der Waals surface area (Å²) in [5, 5.41) is 10.6. The maximum absolute atomic E-state index is 13.1. The van der Waals surface area contributed by atoms with Gasteiger partial charge in [-0.3, -0.25) is 37.3 Å². The molecule has 19 heteroatoms. The molecule has 0 aromatic rings. The van der Waals surface area contributed by atoms with Crippen molar-refractivity contribution in [1.29, 1.82) is 0 Å². The Bertz CT molecular complexity index is 2490. The van der Waals surface area contributed by atoms with Crippen LogP contribution >= 0.6 is 15.6 Å². The normalized spacial score (nSPS) is 14.6. The second kappa shape index (κ2) is 76.4. The van der Waals surface area contributed by atoms with Crippen LogP contribution in [0.25, 0.3) is 0 Å². The van der Waals surface area contributed by atoms with Gasteiger partial charge in [0.15, 0.2) is 12.2 Å². The van der Waals surface area contributed by atoms with Crippen LogP contribution in [0.2, 0.25) is 0 Å². The van der Waals surface area contributed by atoms with Crippen molar-refractivity contribution in [2.75, 3.05) is 39.6 Å². The summed E-state index contributed by atoms with van der Waals surface area (Å²) in [6, 6.07) is 0. The zero-order valence-electron chi connectivity index (χ0n) is 65.2. The molecule has 104 heavy (non-hydrogen) atoms. The zero-order chi connectivity index (χ0) is 76.0. The van der Waals surface area contributed by atoms with Crippen LogP contribution in [0.3, 0.4) is 0 Å². The highest BCUT2D eigenvalue weighted by Gasteiger charge is 2.30. The van der Waals surface area contributed by atoms with Crippen molar-refractivity contribution in [3.05, 3.63) is 134 Å². The van der Waals surface area contributed by atoms with E-state index in [0.717, 1.165) is 161 Å². The quantitative estimate of drug-likeness (QED) is 0.0169. The molecule has 0 spiro atoms. The number of ether oxygens (including phenoxy) is 4. The molecule has 0 bridgehead atoms. The molecule has 0 aliphatic carbocycles. The molecule has 0 fully saturated rings. The van der Waals surface area contributed by atoms with Gasteiger partial charge in [0.05, 0.1) is 26.4 Å². The van der Waals surface area contributed by atoms with Gasteiger partial charge in [0, 0.05) is 25.7 Å². The maximum atomic E-state index is 13.1. The van der Waals surface area contributed by atoms with Gasteiger partial charge in [-0.15, -0.1) is 0 Å². The van der Waals surface area contributed by atoms with Gasteiger partial charge in [0.25, 0.3) is 0 Å². The van der Waals surface area contributed by atoms with Crippen LogP contribution in [-0.4, -0.2) is 96.7 Å². The van der Waals surface area contributed by atoms with E-state index in [9.17, 15) is 43.2 Å². The Hall–Kier alpha value is -4.80. The molecule has 2 unspecified atom stereocenters.